The molecule has 1 aromatic rings. The number of halogens is 4. The van der Waals surface area contributed by atoms with Crippen LogP contribution in [0, 0.1) is 0 Å². The Morgan fingerprint density at radius 2 is 1.81 bits per heavy atom. The van der Waals surface area contributed by atoms with Crippen molar-refractivity contribution in [1.82, 2.24) is 10.6 Å². The Bertz CT molecular complexity index is 557. The molecule has 0 spiro atoms. The summed E-state index contributed by atoms with van der Waals surface area (Å²) in [7, 11) is 4.75. The fraction of sp³-hybridized carbons (Fsp3) is 0.562. The van der Waals surface area contributed by atoms with Crippen LogP contribution in [0.1, 0.15) is 12.0 Å². The second-order valence-corrected chi connectivity index (χ2v) is 5.06. The van der Waals surface area contributed by atoms with Crippen molar-refractivity contribution < 1.29 is 27.4 Å². The largest absolute Gasteiger partial charge is 0.493 e. The number of hydrogen-bond donors (Lipinski definition) is 2. The Morgan fingerprint density at radius 1 is 1.12 bits per heavy atom. The van der Waals surface area contributed by atoms with Crippen molar-refractivity contribution in [2.45, 2.75) is 19.1 Å². The monoisotopic (exact) mass is 491 g/mol. The van der Waals surface area contributed by atoms with E-state index in [1.807, 2.05) is 18.2 Å². The van der Waals surface area contributed by atoms with E-state index >= 15 is 0 Å². The second-order valence-electron chi connectivity index (χ2n) is 5.06. The number of alkyl halides is 3. The topological polar surface area (TPSA) is 64.1 Å². The zero-order chi connectivity index (χ0) is 18.7. The van der Waals surface area contributed by atoms with Gasteiger partial charge in [-0.1, -0.05) is 6.07 Å². The summed E-state index contributed by atoms with van der Waals surface area (Å²) in [4.78, 5) is 4.05. The van der Waals surface area contributed by atoms with Crippen LogP contribution in [0.4, 0.5) is 13.2 Å². The van der Waals surface area contributed by atoms with E-state index in [1.165, 1.54) is 0 Å². The fourth-order valence-electron chi connectivity index (χ4n) is 1.97. The van der Waals surface area contributed by atoms with Crippen LogP contribution < -0.4 is 20.1 Å². The van der Waals surface area contributed by atoms with E-state index in [1.54, 1.807) is 21.3 Å². The summed E-state index contributed by atoms with van der Waals surface area (Å²) in [5.41, 5.74) is 0.967. The highest BCUT2D eigenvalue weighted by molar-refractivity contribution is 14.0. The minimum absolute atomic E-state index is 0. The molecule has 0 fully saturated rings. The second kappa shape index (κ2) is 12.8. The van der Waals surface area contributed by atoms with Crippen molar-refractivity contribution in [2.75, 3.05) is 41.0 Å². The molecule has 0 saturated heterocycles. The average molecular weight is 491 g/mol. The summed E-state index contributed by atoms with van der Waals surface area (Å²) in [5, 5.41) is 6.12. The van der Waals surface area contributed by atoms with Gasteiger partial charge >= 0.3 is 6.18 Å². The lowest BCUT2D eigenvalue weighted by Gasteiger charge is -2.14. The van der Waals surface area contributed by atoms with Gasteiger partial charge in [0.1, 0.15) is 6.61 Å². The van der Waals surface area contributed by atoms with Crippen molar-refractivity contribution in [2.24, 2.45) is 4.99 Å². The lowest BCUT2D eigenvalue weighted by Crippen LogP contribution is -2.37. The quantitative estimate of drug-likeness (QED) is 0.241. The first-order valence-electron chi connectivity index (χ1n) is 7.69. The first-order chi connectivity index (χ1) is 11.9. The molecule has 0 heterocycles. The molecule has 0 atom stereocenters. The van der Waals surface area contributed by atoms with E-state index in [0.717, 1.165) is 5.56 Å². The Labute approximate surface area is 168 Å². The van der Waals surface area contributed by atoms with E-state index in [9.17, 15) is 13.2 Å². The maximum atomic E-state index is 11.9. The number of hydrogen-bond acceptors (Lipinski definition) is 4. The van der Waals surface area contributed by atoms with Crippen LogP contribution in [0.25, 0.3) is 0 Å². The molecule has 0 unspecified atom stereocenters. The van der Waals surface area contributed by atoms with Crippen LogP contribution in [0.5, 0.6) is 11.5 Å². The highest BCUT2D eigenvalue weighted by Crippen LogP contribution is 2.27. The third kappa shape index (κ3) is 9.90. The van der Waals surface area contributed by atoms with Crippen LogP contribution in [-0.2, 0) is 11.3 Å². The van der Waals surface area contributed by atoms with E-state index in [0.29, 0.717) is 37.0 Å². The summed E-state index contributed by atoms with van der Waals surface area (Å²) in [6, 6.07) is 5.56. The smallest absolute Gasteiger partial charge is 0.411 e. The molecule has 0 saturated carbocycles. The van der Waals surface area contributed by atoms with Crippen LogP contribution in [-0.4, -0.2) is 53.2 Å². The van der Waals surface area contributed by atoms with Gasteiger partial charge in [-0.05, 0) is 24.1 Å². The van der Waals surface area contributed by atoms with Crippen LogP contribution in [0.3, 0.4) is 0 Å². The van der Waals surface area contributed by atoms with Gasteiger partial charge in [-0.25, -0.2) is 0 Å². The SMILES string of the molecule is CN=C(NCCCOCC(F)(F)F)NCc1ccc(OC)c(OC)c1.I. The maximum absolute atomic E-state index is 11.9. The molecule has 0 amide bonds. The number of aliphatic imine (C=N–C) groups is 1. The molecule has 2 N–H and O–H groups in total. The molecule has 0 aliphatic rings. The molecular formula is C16H25F3IN3O3. The number of benzene rings is 1. The predicted octanol–water partition coefficient (Wildman–Crippen LogP) is 2.96. The molecule has 0 bridgehead atoms. The standard InChI is InChI=1S/C16H24F3N3O3.HI/c1-20-15(21-7-4-8-25-11-16(17,18)19)22-10-12-5-6-13(23-2)14(9-12)24-3;/h5-6,9H,4,7-8,10-11H2,1-3H3,(H2,20,21,22);1H. The molecule has 0 radical (unpaired) electrons. The molecule has 1 aromatic carbocycles. The first-order valence-corrected chi connectivity index (χ1v) is 7.69. The lowest BCUT2D eigenvalue weighted by molar-refractivity contribution is -0.173. The van der Waals surface area contributed by atoms with E-state index in [-0.39, 0.29) is 30.6 Å². The van der Waals surface area contributed by atoms with Gasteiger partial charge in [-0.3, -0.25) is 4.99 Å². The zero-order valence-corrected chi connectivity index (χ0v) is 17.3. The van der Waals surface area contributed by atoms with Gasteiger partial charge in [0.2, 0.25) is 0 Å². The summed E-state index contributed by atoms with van der Waals surface area (Å²) < 4.78 is 50.7. The van der Waals surface area contributed by atoms with Crippen LogP contribution in [0.15, 0.2) is 23.2 Å². The Kier molecular flexibility index (Phi) is 12.1. The van der Waals surface area contributed by atoms with Gasteiger partial charge in [-0.15, -0.1) is 24.0 Å². The normalized spacial score (nSPS) is 11.5. The first kappa shape index (κ1) is 24.6. The molecule has 26 heavy (non-hydrogen) atoms. The van der Waals surface area contributed by atoms with Gasteiger partial charge in [-0.2, -0.15) is 13.2 Å². The van der Waals surface area contributed by atoms with Crippen LogP contribution >= 0.6 is 24.0 Å². The third-order valence-corrected chi connectivity index (χ3v) is 3.16. The average Bonchev–Trinajstić information content (AvgIpc) is 2.59. The number of ether oxygens (including phenoxy) is 3. The van der Waals surface area contributed by atoms with Crippen molar-refractivity contribution in [3.63, 3.8) is 0 Å². The molecular weight excluding hydrogens is 466 g/mol. The van der Waals surface area contributed by atoms with Gasteiger partial charge < -0.3 is 24.8 Å². The molecule has 0 aliphatic heterocycles. The van der Waals surface area contributed by atoms with Gasteiger partial charge in [0.15, 0.2) is 17.5 Å². The Balaban J connectivity index is 0.00000625. The molecule has 150 valence electrons. The van der Waals surface area contributed by atoms with E-state index < -0.39 is 12.8 Å². The molecule has 6 nitrogen and oxygen atoms in total. The summed E-state index contributed by atoms with van der Waals surface area (Å²) >= 11 is 0. The number of guanidine groups is 1. The van der Waals surface area contributed by atoms with Gasteiger partial charge in [0.25, 0.3) is 0 Å². The maximum Gasteiger partial charge on any atom is 0.411 e. The summed E-state index contributed by atoms with van der Waals surface area (Å²) in [5.74, 6) is 1.82. The number of methoxy groups -OCH3 is 2. The zero-order valence-electron chi connectivity index (χ0n) is 15.0. The minimum atomic E-state index is -4.29. The highest BCUT2D eigenvalue weighted by atomic mass is 127. The number of nitrogens with one attached hydrogen (secondary N) is 2. The summed E-state index contributed by atoms with van der Waals surface area (Å²) in [6.07, 6.45) is -3.85. The predicted molar refractivity (Wildman–Crippen MR) is 105 cm³/mol. The third-order valence-electron chi connectivity index (χ3n) is 3.16. The molecule has 0 aliphatic carbocycles. The highest BCUT2D eigenvalue weighted by Gasteiger charge is 2.27. The Morgan fingerprint density at radius 3 is 2.38 bits per heavy atom. The van der Waals surface area contributed by atoms with Gasteiger partial charge in [0, 0.05) is 26.7 Å². The van der Waals surface area contributed by atoms with Gasteiger partial charge in [0.05, 0.1) is 14.2 Å². The van der Waals surface area contributed by atoms with Crippen molar-refractivity contribution in [3.05, 3.63) is 23.8 Å². The molecule has 0 aromatic heterocycles. The number of nitrogens with zero attached hydrogens (tertiary/aromatic N) is 1. The minimum Gasteiger partial charge on any atom is -0.493 e. The van der Waals surface area contributed by atoms with Crippen LogP contribution in [0.2, 0.25) is 0 Å². The van der Waals surface area contributed by atoms with Crippen molar-refractivity contribution in [3.8, 4) is 11.5 Å². The molecule has 1 rings (SSSR count). The fourth-order valence-corrected chi connectivity index (χ4v) is 1.97. The van der Waals surface area contributed by atoms with E-state index in [4.69, 9.17) is 9.47 Å². The number of rotatable bonds is 9. The Hall–Kier alpha value is -1.43. The summed E-state index contributed by atoms with van der Waals surface area (Å²) in [6.45, 7) is -0.244. The lowest BCUT2D eigenvalue weighted by atomic mass is 10.2. The van der Waals surface area contributed by atoms with E-state index in [2.05, 4.69) is 20.4 Å². The van der Waals surface area contributed by atoms with Crippen molar-refractivity contribution in [1.29, 1.82) is 0 Å². The van der Waals surface area contributed by atoms with Crippen molar-refractivity contribution >= 4 is 29.9 Å². The molecule has 10 heteroatoms.